The van der Waals surface area contributed by atoms with Crippen molar-refractivity contribution in [3.8, 4) is 0 Å². The monoisotopic (exact) mass is 407 g/mol. The molecule has 0 unspecified atom stereocenters. The smallest absolute Gasteiger partial charge is 0.293 e. The molecular weight excluding hydrogens is 385 g/mol. The van der Waals surface area contributed by atoms with E-state index in [9.17, 15) is 22.9 Å². The van der Waals surface area contributed by atoms with E-state index in [0.29, 0.717) is 25.1 Å². The van der Waals surface area contributed by atoms with Crippen LogP contribution < -0.4 is 5.32 Å². The van der Waals surface area contributed by atoms with Crippen LogP contribution in [0.1, 0.15) is 24.8 Å². The molecular formula is C19H22FN3O4S. The highest BCUT2D eigenvalue weighted by atomic mass is 32.2. The first-order valence-corrected chi connectivity index (χ1v) is 10.6. The molecule has 0 amide bonds. The van der Waals surface area contributed by atoms with Gasteiger partial charge < -0.3 is 5.32 Å². The lowest BCUT2D eigenvalue weighted by Gasteiger charge is -2.25. The Kier molecular flexibility index (Phi) is 6.25. The number of anilines is 1. The number of nitrogens with one attached hydrogen (secondary N) is 1. The van der Waals surface area contributed by atoms with Gasteiger partial charge in [-0.2, -0.15) is 4.31 Å². The fourth-order valence-electron chi connectivity index (χ4n) is 3.26. The summed E-state index contributed by atoms with van der Waals surface area (Å²) in [5.74, 6) is -0.332. The summed E-state index contributed by atoms with van der Waals surface area (Å²) in [6.07, 6.45) is 2.91. The molecule has 0 bridgehead atoms. The maximum Gasteiger partial charge on any atom is 0.293 e. The van der Waals surface area contributed by atoms with Crippen molar-refractivity contribution in [2.24, 2.45) is 0 Å². The van der Waals surface area contributed by atoms with E-state index in [4.69, 9.17) is 0 Å². The first-order valence-electron chi connectivity index (χ1n) is 9.15. The van der Waals surface area contributed by atoms with Crippen molar-refractivity contribution in [2.45, 2.75) is 30.6 Å². The molecule has 0 atom stereocenters. The van der Waals surface area contributed by atoms with Crippen LogP contribution in [-0.2, 0) is 16.4 Å². The molecule has 2 aromatic rings. The van der Waals surface area contributed by atoms with E-state index in [1.807, 2.05) is 0 Å². The summed E-state index contributed by atoms with van der Waals surface area (Å²) in [6, 6.07) is 10.2. The molecule has 150 valence electrons. The van der Waals surface area contributed by atoms with E-state index in [1.54, 1.807) is 18.2 Å². The number of sulfonamides is 1. The van der Waals surface area contributed by atoms with E-state index in [1.165, 1.54) is 22.5 Å². The maximum atomic E-state index is 13.7. The van der Waals surface area contributed by atoms with Crippen LogP contribution in [0.25, 0.3) is 0 Å². The lowest BCUT2D eigenvalue weighted by atomic mass is 10.1. The van der Waals surface area contributed by atoms with E-state index in [0.717, 1.165) is 25.3 Å². The van der Waals surface area contributed by atoms with Crippen LogP contribution in [0, 0.1) is 15.9 Å². The molecule has 1 N–H and O–H groups in total. The molecule has 0 aliphatic carbocycles. The van der Waals surface area contributed by atoms with Crippen LogP contribution in [0.3, 0.4) is 0 Å². The lowest BCUT2D eigenvalue weighted by molar-refractivity contribution is -0.384. The predicted molar refractivity (Wildman–Crippen MR) is 104 cm³/mol. The zero-order valence-electron chi connectivity index (χ0n) is 15.3. The molecule has 0 spiro atoms. The zero-order chi connectivity index (χ0) is 20.1. The summed E-state index contributed by atoms with van der Waals surface area (Å²) < 4.78 is 40.6. The van der Waals surface area contributed by atoms with Gasteiger partial charge in [0.25, 0.3) is 5.69 Å². The van der Waals surface area contributed by atoms with Gasteiger partial charge in [0.1, 0.15) is 11.5 Å². The number of benzene rings is 2. The molecule has 0 saturated carbocycles. The molecule has 1 heterocycles. The Hall–Kier alpha value is -2.52. The quantitative estimate of drug-likeness (QED) is 0.560. The fraction of sp³-hybridized carbons (Fsp3) is 0.368. The number of hydrogen-bond acceptors (Lipinski definition) is 5. The van der Waals surface area contributed by atoms with Gasteiger partial charge in [-0.1, -0.05) is 24.6 Å². The second kappa shape index (κ2) is 8.66. The third-order valence-electron chi connectivity index (χ3n) is 4.79. The summed E-state index contributed by atoms with van der Waals surface area (Å²) >= 11 is 0. The molecule has 7 nitrogen and oxygen atoms in total. The molecule has 28 heavy (non-hydrogen) atoms. The Morgan fingerprint density at radius 1 is 1.11 bits per heavy atom. The van der Waals surface area contributed by atoms with Crippen LogP contribution in [0.2, 0.25) is 0 Å². The number of halogens is 1. The van der Waals surface area contributed by atoms with Crippen molar-refractivity contribution in [1.29, 1.82) is 0 Å². The van der Waals surface area contributed by atoms with Gasteiger partial charge in [0, 0.05) is 25.7 Å². The number of nitro benzene ring substituents is 1. The SMILES string of the molecule is O=[N+]([O-])c1cc(S(=O)(=O)N2CCCCC2)ccc1NCCc1ccccc1F. The van der Waals surface area contributed by atoms with Crippen LogP contribution >= 0.6 is 0 Å². The number of piperidine rings is 1. The van der Waals surface area contributed by atoms with Gasteiger partial charge in [0.05, 0.1) is 9.82 Å². The highest BCUT2D eigenvalue weighted by Gasteiger charge is 2.28. The molecule has 0 aromatic heterocycles. The lowest BCUT2D eigenvalue weighted by Crippen LogP contribution is -2.35. The summed E-state index contributed by atoms with van der Waals surface area (Å²) in [7, 11) is -3.75. The predicted octanol–water partition coefficient (Wildman–Crippen LogP) is 3.56. The minimum atomic E-state index is -3.75. The largest absolute Gasteiger partial charge is 0.379 e. The average Bonchev–Trinajstić information content (AvgIpc) is 2.70. The molecule has 3 rings (SSSR count). The molecule has 1 fully saturated rings. The van der Waals surface area contributed by atoms with Gasteiger partial charge in [0.15, 0.2) is 0 Å². The Bertz CT molecular complexity index is 959. The number of rotatable bonds is 7. The average molecular weight is 407 g/mol. The van der Waals surface area contributed by atoms with Crippen molar-refractivity contribution in [2.75, 3.05) is 25.0 Å². The van der Waals surface area contributed by atoms with Crippen LogP contribution in [0.15, 0.2) is 47.4 Å². The third-order valence-corrected chi connectivity index (χ3v) is 6.68. The van der Waals surface area contributed by atoms with E-state index in [-0.39, 0.29) is 28.6 Å². The molecule has 0 radical (unpaired) electrons. The van der Waals surface area contributed by atoms with E-state index < -0.39 is 14.9 Å². The summed E-state index contributed by atoms with van der Waals surface area (Å²) in [5.41, 5.74) is 0.396. The van der Waals surface area contributed by atoms with Gasteiger partial charge in [-0.25, -0.2) is 12.8 Å². The third kappa shape index (κ3) is 4.48. The maximum absolute atomic E-state index is 13.7. The standard InChI is InChI=1S/C19H22FN3O4S/c20-17-7-3-2-6-15(17)10-11-21-18-9-8-16(14-19(18)23(24)25)28(26,27)22-12-4-1-5-13-22/h2-3,6-9,14,21H,1,4-5,10-13H2. The van der Waals surface area contributed by atoms with Crippen LogP contribution in [-0.4, -0.2) is 37.3 Å². The topological polar surface area (TPSA) is 92.5 Å². The normalized spacial score (nSPS) is 15.3. The molecule has 2 aromatic carbocycles. The highest BCUT2D eigenvalue weighted by molar-refractivity contribution is 7.89. The van der Waals surface area contributed by atoms with Crippen LogP contribution in [0.4, 0.5) is 15.8 Å². The Balaban J connectivity index is 1.77. The first kappa shape index (κ1) is 20.2. The number of nitrogens with zero attached hydrogens (tertiary/aromatic N) is 2. The second-order valence-electron chi connectivity index (χ2n) is 6.67. The molecule has 9 heteroatoms. The fourth-order valence-corrected chi connectivity index (χ4v) is 4.80. The van der Waals surface area contributed by atoms with Gasteiger partial charge in [-0.3, -0.25) is 10.1 Å². The summed E-state index contributed by atoms with van der Waals surface area (Å²) in [4.78, 5) is 10.8. The summed E-state index contributed by atoms with van der Waals surface area (Å²) in [5, 5.41) is 14.4. The van der Waals surface area contributed by atoms with Crippen molar-refractivity contribution >= 4 is 21.4 Å². The Labute approximate surface area is 163 Å². The van der Waals surface area contributed by atoms with Crippen molar-refractivity contribution < 1.29 is 17.7 Å². The number of hydrogen-bond donors (Lipinski definition) is 1. The molecule has 1 aliphatic heterocycles. The summed E-state index contributed by atoms with van der Waals surface area (Å²) in [6.45, 7) is 1.14. The minimum Gasteiger partial charge on any atom is -0.379 e. The van der Waals surface area contributed by atoms with Gasteiger partial charge in [-0.05, 0) is 43.0 Å². The Morgan fingerprint density at radius 3 is 2.50 bits per heavy atom. The van der Waals surface area contributed by atoms with Gasteiger partial charge in [-0.15, -0.1) is 0 Å². The van der Waals surface area contributed by atoms with Gasteiger partial charge in [0.2, 0.25) is 10.0 Å². The Morgan fingerprint density at radius 2 is 1.82 bits per heavy atom. The number of nitro groups is 1. The zero-order valence-corrected chi connectivity index (χ0v) is 16.1. The van der Waals surface area contributed by atoms with Crippen molar-refractivity contribution in [3.05, 3.63) is 64.0 Å². The molecule has 1 aliphatic rings. The van der Waals surface area contributed by atoms with E-state index >= 15 is 0 Å². The van der Waals surface area contributed by atoms with E-state index in [2.05, 4.69) is 5.32 Å². The van der Waals surface area contributed by atoms with Crippen LogP contribution in [0.5, 0.6) is 0 Å². The first-order chi connectivity index (χ1) is 13.4. The molecule has 1 saturated heterocycles. The minimum absolute atomic E-state index is 0.0826. The van der Waals surface area contributed by atoms with Crippen molar-refractivity contribution in [1.82, 2.24) is 4.31 Å². The van der Waals surface area contributed by atoms with Gasteiger partial charge >= 0.3 is 0 Å². The highest BCUT2D eigenvalue weighted by Crippen LogP contribution is 2.30. The van der Waals surface area contributed by atoms with Crippen molar-refractivity contribution in [3.63, 3.8) is 0 Å². The second-order valence-corrected chi connectivity index (χ2v) is 8.61.